The van der Waals surface area contributed by atoms with Crippen molar-refractivity contribution in [3.63, 3.8) is 0 Å². The third kappa shape index (κ3) is 13.4. The maximum atomic E-state index is 13.8. The molecule has 6 atom stereocenters. The van der Waals surface area contributed by atoms with Crippen LogP contribution in [0.5, 0.6) is 11.5 Å². The molecule has 3 N–H and O–H groups in total. The first kappa shape index (κ1) is 52.8. The molecule has 0 amide bonds. The largest absolute Gasteiger partial charge is 0.508 e. The van der Waals surface area contributed by atoms with Gasteiger partial charge in [-0.2, -0.15) is 0 Å². The SMILES string of the molecule is CCCC[C@]1(CC)CS(=O)(=O)c2cc(OCCOCCOCCOC)ccc2[C@@H](c2ccccc2)[C@H]1O.CCCC[C@]1(CC)CSc2cc(O)ccc2[C@@H](c2ccccc2)[C@H]1O.O=O. The van der Waals surface area contributed by atoms with Crippen molar-refractivity contribution in [2.75, 3.05) is 58.3 Å². The van der Waals surface area contributed by atoms with Gasteiger partial charge in [-0.05, 0) is 72.2 Å². The number of phenols is 1. The Morgan fingerprint density at radius 3 is 1.73 bits per heavy atom. The monoisotopic (exact) mass is 922 g/mol. The highest BCUT2D eigenvalue weighted by Gasteiger charge is 2.49. The molecule has 0 spiro atoms. The predicted molar refractivity (Wildman–Crippen MR) is 256 cm³/mol. The zero-order valence-electron chi connectivity index (χ0n) is 38.3. The van der Waals surface area contributed by atoms with Gasteiger partial charge in [0.2, 0.25) is 0 Å². The second-order valence-corrected chi connectivity index (χ2v) is 19.8. The van der Waals surface area contributed by atoms with Crippen LogP contribution in [0.4, 0.5) is 0 Å². The Kier molecular flexibility index (Phi) is 21.7. The van der Waals surface area contributed by atoms with E-state index in [1.165, 1.54) is 0 Å². The summed E-state index contributed by atoms with van der Waals surface area (Å²) in [4.78, 5) is 15.3. The van der Waals surface area contributed by atoms with Gasteiger partial charge in [0.1, 0.15) is 18.1 Å². The lowest BCUT2D eigenvalue weighted by molar-refractivity contribution is 0.0172. The number of benzene rings is 4. The lowest BCUT2D eigenvalue weighted by atomic mass is 9.69. The molecule has 0 bridgehead atoms. The number of aliphatic hydroxyl groups is 2. The molecule has 0 aromatic heterocycles. The van der Waals surface area contributed by atoms with Crippen molar-refractivity contribution in [3.8, 4) is 11.5 Å². The van der Waals surface area contributed by atoms with E-state index in [0.717, 1.165) is 65.9 Å². The molecule has 64 heavy (non-hydrogen) atoms. The van der Waals surface area contributed by atoms with Gasteiger partial charge in [-0.25, -0.2) is 8.42 Å². The lowest BCUT2D eigenvalue weighted by Gasteiger charge is -2.39. The molecule has 11 nitrogen and oxygen atoms in total. The van der Waals surface area contributed by atoms with Gasteiger partial charge in [0.05, 0.1) is 55.9 Å². The van der Waals surface area contributed by atoms with Gasteiger partial charge in [-0.3, -0.25) is 0 Å². The number of ether oxygens (including phenoxy) is 4. The summed E-state index contributed by atoms with van der Waals surface area (Å²) in [5.74, 6) is 1.09. The van der Waals surface area contributed by atoms with Crippen LogP contribution in [-0.4, -0.2) is 94.2 Å². The van der Waals surface area contributed by atoms with Crippen LogP contribution >= 0.6 is 11.8 Å². The van der Waals surface area contributed by atoms with Gasteiger partial charge in [0.15, 0.2) is 9.84 Å². The number of aliphatic hydroxyl groups excluding tert-OH is 2. The zero-order valence-corrected chi connectivity index (χ0v) is 39.9. The average Bonchev–Trinajstić information content (AvgIpc) is 3.48. The van der Waals surface area contributed by atoms with Crippen molar-refractivity contribution >= 4 is 21.6 Å². The number of rotatable bonds is 20. The van der Waals surface area contributed by atoms with E-state index in [0.29, 0.717) is 62.9 Å². The van der Waals surface area contributed by atoms with Crippen LogP contribution in [0.15, 0.2) is 107 Å². The highest BCUT2D eigenvalue weighted by Crippen LogP contribution is 2.52. The number of hydrogen-bond acceptors (Lipinski definition) is 12. The molecule has 6 rings (SSSR count). The van der Waals surface area contributed by atoms with Gasteiger partial charge < -0.3 is 34.3 Å². The van der Waals surface area contributed by atoms with E-state index in [9.17, 15) is 23.7 Å². The van der Waals surface area contributed by atoms with Gasteiger partial charge in [-0.1, -0.05) is 126 Å². The number of aromatic hydroxyl groups is 1. The van der Waals surface area contributed by atoms with Crippen LogP contribution in [-0.2, 0) is 24.0 Å². The number of sulfone groups is 1. The first-order chi connectivity index (χ1) is 31.0. The van der Waals surface area contributed by atoms with E-state index in [1.807, 2.05) is 67.6 Å². The predicted octanol–water partition coefficient (Wildman–Crippen LogP) is 10.3. The van der Waals surface area contributed by atoms with Gasteiger partial charge >= 0.3 is 0 Å². The fraction of sp³-hybridized carbons (Fsp3) is 0.529. The maximum Gasteiger partial charge on any atom is 0.179 e. The van der Waals surface area contributed by atoms with E-state index >= 15 is 0 Å². The van der Waals surface area contributed by atoms with Crippen LogP contribution in [0.25, 0.3) is 0 Å². The molecule has 4 aromatic carbocycles. The molecule has 0 fully saturated rings. The molecular formula is C51H70O11S2. The number of unbranched alkanes of at least 4 members (excludes halogenated alkanes) is 2. The van der Waals surface area contributed by atoms with Crippen molar-refractivity contribution in [3.05, 3.63) is 129 Å². The number of phenolic OH excluding ortho intramolecular Hbond substituents is 1. The number of fused-ring (bicyclic) bond motifs is 2. The summed E-state index contributed by atoms with van der Waals surface area (Å²) >= 11 is 1.79. The minimum Gasteiger partial charge on any atom is -0.508 e. The lowest BCUT2D eigenvalue weighted by Crippen LogP contribution is -2.42. The van der Waals surface area contributed by atoms with Crippen molar-refractivity contribution < 1.29 is 42.7 Å². The third-order valence-corrected chi connectivity index (χ3v) is 16.3. The number of methoxy groups -OCH3 is 1. The molecule has 352 valence electrons. The molecule has 2 aliphatic heterocycles. The molecule has 0 aliphatic carbocycles. The molecule has 4 aromatic rings. The summed E-state index contributed by atoms with van der Waals surface area (Å²) in [7, 11) is -2.05. The molecule has 13 heteroatoms. The Morgan fingerprint density at radius 1 is 0.656 bits per heavy atom. The number of thioether (sulfide) groups is 1. The maximum absolute atomic E-state index is 13.8. The molecule has 2 heterocycles. The molecule has 0 saturated heterocycles. The Morgan fingerprint density at radius 2 is 1.17 bits per heavy atom. The normalized spacial score (nSPS) is 23.4. The van der Waals surface area contributed by atoms with E-state index in [1.54, 1.807) is 43.1 Å². The van der Waals surface area contributed by atoms with Crippen LogP contribution in [0.1, 0.15) is 113 Å². The van der Waals surface area contributed by atoms with E-state index in [2.05, 4.69) is 32.9 Å². The molecule has 0 saturated carbocycles. The summed E-state index contributed by atoms with van der Waals surface area (Å²) in [6.07, 6.45) is 6.08. The minimum absolute atomic E-state index is 0.0522. The van der Waals surface area contributed by atoms with Crippen LogP contribution < -0.4 is 4.74 Å². The van der Waals surface area contributed by atoms with E-state index in [4.69, 9.17) is 28.9 Å². The summed E-state index contributed by atoms with van der Waals surface area (Å²) in [6.45, 7) is 11.1. The van der Waals surface area contributed by atoms with Gasteiger partial charge in [0.25, 0.3) is 0 Å². The molecule has 0 radical (unpaired) electrons. The summed E-state index contributed by atoms with van der Waals surface area (Å²) in [6, 6.07) is 30.9. The van der Waals surface area contributed by atoms with Crippen LogP contribution in [0.3, 0.4) is 0 Å². The highest BCUT2D eigenvalue weighted by molar-refractivity contribution is 7.99. The molecule has 2 aliphatic rings. The zero-order chi connectivity index (χ0) is 46.6. The summed E-state index contributed by atoms with van der Waals surface area (Å²) in [5.41, 5.74) is 3.00. The molecular weight excluding hydrogens is 853 g/mol. The Labute approximate surface area is 385 Å². The second kappa shape index (κ2) is 26.4. The van der Waals surface area contributed by atoms with Gasteiger partial charge in [-0.15, -0.1) is 11.8 Å². The van der Waals surface area contributed by atoms with Crippen molar-refractivity contribution in [1.82, 2.24) is 0 Å². The Balaban J connectivity index is 0.000000288. The standard InChI is InChI=1S/C29H42O7S.C22H28O2S.O2/c1-4-6-14-29(5-2)22-37(31,32)26-21-24(36-20-19-35-18-17-34-16-15-33-3)12-13-25(26)27(28(29)30)23-10-8-7-9-11-23;1-3-5-13-22(4-2)15-25-19-14-17(23)11-12-18(19)20(21(22)24)16-9-7-6-8-10-16;1-2/h7-13,21,27-28,30H,4-6,14-20,22H2,1-3H3;6-12,14,20-21,23-24H,3-5,13,15H2,1-2H3;/t27-,28-,29-;20-,21-,22-;/m11./s1. The van der Waals surface area contributed by atoms with Crippen molar-refractivity contribution in [1.29, 1.82) is 0 Å². The highest BCUT2D eigenvalue weighted by atomic mass is 32.2. The summed E-state index contributed by atoms with van der Waals surface area (Å²) in [5, 5.41) is 33.4. The van der Waals surface area contributed by atoms with E-state index in [-0.39, 0.29) is 28.6 Å². The smallest absolute Gasteiger partial charge is 0.179 e. The number of hydrogen-bond donors (Lipinski definition) is 3. The average molecular weight is 923 g/mol. The summed E-state index contributed by atoms with van der Waals surface area (Å²) < 4.78 is 49.3. The Hall–Kier alpha value is -3.82. The third-order valence-electron chi connectivity index (χ3n) is 12.9. The molecule has 0 unspecified atom stereocenters. The fourth-order valence-corrected chi connectivity index (χ4v) is 12.9. The second-order valence-electron chi connectivity index (χ2n) is 16.8. The first-order valence-corrected chi connectivity index (χ1v) is 25.4. The van der Waals surface area contributed by atoms with E-state index < -0.39 is 33.4 Å². The van der Waals surface area contributed by atoms with Crippen LogP contribution in [0, 0.1) is 20.8 Å². The topological polar surface area (TPSA) is 166 Å². The fourth-order valence-electron chi connectivity index (χ4n) is 9.13. The minimum atomic E-state index is -3.67. The van der Waals surface area contributed by atoms with Crippen molar-refractivity contribution in [2.24, 2.45) is 10.8 Å². The first-order valence-electron chi connectivity index (χ1n) is 22.7. The Bertz CT molecular complexity index is 2070. The quantitative estimate of drug-likeness (QED) is 0.0720. The van der Waals surface area contributed by atoms with Crippen molar-refractivity contribution in [2.45, 2.75) is 113 Å². The van der Waals surface area contributed by atoms with Crippen LogP contribution in [0.2, 0.25) is 0 Å². The van der Waals surface area contributed by atoms with Gasteiger partial charge in [0, 0.05) is 50.4 Å².